The number of carbonyl (C=O) groups excluding carboxylic acids is 2. The quantitative estimate of drug-likeness (QED) is 0.848. The van der Waals surface area contributed by atoms with Crippen LogP contribution in [0.5, 0.6) is 11.5 Å². The third-order valence-electron chi connectivity index (χ3n) is 4.79. The molecule has 152 valence electrons. The van der Waals surface area contributed by atoms with Gasteiger partial charge in [0, 0.05) is 30.4 Å². The van der Waals surface area contributed by atoms with Gasteiger partial charge in [-0.1, -0.05) is 6.07 Å². The van der Waals surface area contributed by atoms with Crippen LogP contribution in [0.15, 0.2) is 42.5 Å². The minimum absolute atomic E-state index is 0.0285. The smallest absolute Gasteiger partial charge is 0.416 e. The standard InChI is InChI=1S/C20H17F3N2O4/c21-20(22,23)13-2-1-3-14(9-13)24-19(27)12-8-18(26)25(11-12)15-4-5-16-17(10-15)29-7-6-28-16/h1-5,9-10,12H,6-8,11H2,(H,24,27)/t12-/m0/s1. The van der Waals surface area contributed by atoms with Crippen molar-refractivity contribution in [2.24, 2.45) is 5.92 Å². The number of ether oxygens (including phenoxy) is 2. The van der Waals surface area contributed by atoms with Crippen molar-refractivity contribution >= 4 is 23.2 Å². The van der Waals surface area contributed by atoms with Crippen LogP contribution in [0, 0.1) is 5.92 Å². The maximum Gasteiger partial charge on any atom is 0.416 e. The van der Waals surface area contributed by atoms with Crippen molar-refractivity contribution in [1.29, 1.82) is 0 Å². The Kier molecular flexibility index (Phi) is 4.81. The highest BCUT2D eigenvalue weighted by molar-refractivity contribution is 6.03. The first-order valence-electron chi connectivity index (χ1n) is 8.99. The number of nitrogens with zero attached hydrogens (tertiary/aromatic N) is 1. The molecule has 2 aromatic rings. The number of amides is 2. The van der Waals surface area contributed by atoms with E-state index in [2.05, 4.69) is 5.32 Å². The number of hydrogen-bond donors (Lipinski definition) is 1. The first-order valence-corrected chi connectivity index (χ1v) is 8.99. The Hall–Kier alpha value is -3.23. The summed E-state index contributed by atoms with van der Waals surface area (Å²) in [7, 11) is 0. The second kappa shape index (κ2) is 7.31. The summed E-state index contributed by atoms with van der Waals surface area (Å²) in [5.74, 6) is -0.308. The topological polar surface area (TPSA) is 67.9 Å². The SMILES string of the molecule is O=C(Nc1cccc(C(F)(F)F)c1)[C@H]1CC(=O)N(c2ccc3c(c2)OCCO3)C1. The number of anilines is 2. The van der Waals surface area contributed by atoms with E-state index >= 15 is 0 Å². The molecule has 0 aliphatic carbocycles. The molecule has 2 heterocycles. The summed E-state index contributed by atoms with van der Waals surface area (Å²) in [5, 5.41) is 2.48. The van der Waals surface area contributed by atoms with Crippen LogP contribution in [-0.4, -0.2) is 31.6 Å². The lowest BCUT2D eigenvalue weighted by atomic mass is 10.1. The van der Waals surface area contributed by atoms with Crippen molar-refractivity contribution in [2.75, 3.05) is 30.0 Å². The normalized spacial score (nSPS) is 18.7. The largest absolute Gasteiger partial charge is 0.486 e. The monoisotopic (exact) mass is 406 g/mol. The highest BCUT2D eigenvalue weighted by atomic mass is 19.4. The van der Waals surface area contributed by atoms with Gasteiger partial charge in [0.1, 0.15) is 13.2 Å². The molecule has 2 aliphatic rings. The lowest BCUT2D eigenvalue weighted by Gasteiger charge is -2.22. The van der Waals surface area contributed by atoms with Crippen LogP contribution in [0.3, 0.4) is 0 Å². The number of halogens is 3. The second-order valence-corrected chi connectivity index (χ2v) is 6.80. The highest BCUT2D eigenvalue weighted by Gasteiger charge is 2.36. The number of nitrogens with one attached hydrogen (secondary N) is 1. The fraction of sp³-hybridized carbons (Fsp3) is 0.300. The highest BCUT2D eigenvalue weighted by Crippen LogP contribution is 2.36. The fourth-order valence-electron chi connectivity index (χ4n) is 3.35. The van der Waals surface area contributed by atoms with Crippen molar-refractivity contribution in [3.8, 4) is 11.5 Å². The van der Waals surface area contributed by atoms with E-state index in [1.54, 1.807) is 18.2 Å². The molecule has 0 aromatic heterocycles. The minimum Gasteiger partial charge on any atom is -0.486 e. The average Bonchev–Trinajstić information content (AvgIpc) is 3.09. The maximum atomic E-state index is 12.8. The predicted octanol–water partition coefficient (Wildman–Crippen LogP) is 3.47. The number of hydrogen-bond acceptors (Lipinski definition) is 4. The van der Waals surface area contributed by atoms with E-state index in [9.17, 15) is 22.8 Å². The molecule has 0 bridgehead atoms. The molecule has 29 heavy (non-hydrogen) atoms. The van der Waals surface area contributed by atoms with Gasteiger partial charge in [-0.05, 0) is 30.3 Å². The van der Waals surface area contributed by atoms with Gasteiger partial charge in [-0.2, -0.15) is 13.2 Å². The Bertz CT molecular complexity index is 961. The number of rotatable bonds is 3. The Labute approximate surface area is 164 Å². The van der Waals surface area contributed by atoms with Gasteiger partial charge in [-0.25, -0.2) is 0 Å². The van der Waals surface area contributed by atoms with Crippen molar-refractivity contribution in [2.45, 2.75) is 12.6 Å². The van der Waals surface area contributed by atoms with E-state index in [4.69, 9.17) is 9.47 Å². The summed E-state index contributed by atoms with van der Waals surface area (Å²) in [6.45, 7) is 0.989. The van der Waals surface area contributed by atoms with Crippen LogP contribution in [-0.2, 0) is 15.8 Å². The first-order chi connectivity index (χ1) is 13.8. The molecule has 9 heteroatoms. The second-order valence-electron chi connectivity index (χ2n) is 6.80. The summed E-state index contributed by atoms with van der Waals surface area (Å²) < 4.78 is 49.5. The molecule has 0 radical (unpaired) electrons. The van der Waals surface area contributed by atoms with Crippen LogP contribution in [0.25, 0.3) is 0 Å². The summed E-state index contributed by atoms with van der Waals surface area (Å²) in [5.41, 5.74) is -0.237. The van der Waals surface area contributed by atoms with E-state index in [-0.39, 0.29) is 24.6 Å². The summed E-state index contributed by atoms with van der Waals surface area (Å²) in [6.07, 6.45) is -4.53. The third-order valence-corrected chi connectivity index (χ3v) is 4.79. The van der Waals surface area contributed by atoms with E-state index < -0.39 is 23.6 Å². The van der Waals surface area contributed by atoms with Crippen LogP contribution in [0.1, 0.15) is 12.0 Å². The van der Waals surface area contributed by atoms with Gasteiger partial charge in [0.05, 0.1) is 11.5 Å². The third kappa shape index (κ3) is 3.98. The molecule has 1 atom stereocenters. The Balaban J connectivity index is 1.46. The predicted molar refractivity (Wildman–Crippen MR) is 98.0 cm³/mol. The molecule has 1 saturated heterocycles. The van der Waals surface area contributed by atoms with Crippen molar-refractivity contribution in [3.63, 3.8) is 0 Å². The molecule has 6 nitrogen and oxygen atoms in total. The maximum absolute atomic E-state index is 12.8. The Morgan fingerprint density at radius 1 is 1.07 bits per heavy atom. The number of benzene rings is 2. The number of carbonyl (C=O) groups is 2. The number of fused-ring (bicyclic) bond motifs is 1. The minimum atomic E-state index is -4.50. The molecule has 2 aromatic carbocycles. The Morgan fingerprint density at radius 3 is 2.59 bits per heavy atom. The molecule has 1 N–H and O–H groups in total. The number of alkyl halides is 3. The van der Waals surface area contributed by atoms with Gasteiger partial charge in [0.2, 0.25) is 11.8 Å². The molecular formula is C20H17F3N2O4. The lowest BCUT2D eigenvalue weighted by molar-refractivity contribution is -0.137. The molecule has 4 rings (SSSR count). The summed E-state index contributed by atoms with van der Waals surface area (Å²) >= 11 is 0. The van der Waals surface area contributed by atoms with Crippen molar-refractivity contribution < 1.29 is 32.2 Å². The molecule has 0 spiro atoms. The molecule has 2 aliphatic heterocycles. The zero-order valence-electron chi connectivity index (χ0n) is 15.2. The van der Waals surface area contributed by atoms with Gasteiger partial charge in [-0.15, -0.1) is 0 Å². The molecular weight excluding hydrogens is 389 g/mol. The van der Waals surface area contributed by atoms with Gasteiger partial charge in [-0.3, -0.25) is 9.59 Å². The molecule has 1 fully saturated rings. The van der Waals surface area contributed by atoms with E-state index in [0.717, 1.165) is 12.1 Å². The van der Waals surface area contributed by atoms with E-state index in [0.29, 0.717) is 30.4 Å². The van der Waals surface area contributed by atoms with Gasteiger partial charge in [0.25, 0.3) is 0 Å². The molecule has 0 unspecified atom stereocenters. The van der Waals surface area contributed by atoms with Crippen molar-refractivity contribution in [1.82, 2.24) is 0 Å². The van der Waals surface area contributed by atoms with E-state index in [1.807, 2.05) is 0 Å². The zero-order chi connectivity index (χ0) is 20.6. The van der Waals surface area contributed by atoms with Crippen molar-refractivity contribution in [3.05, 3.63) is 48.0 Å². The summed E-state index contributed by atoms with van der Waals surface area (Å²) in [4.78, 5) is 26.4. The van der Waals surface area contributed by atoms with Crippen LogP contribution in [0.2, 0.25) is 0 Å². The average molecular weight is 406 g/mol. The van der Waals surface area contributed by atoms with Gasteiger partial charge >= 0.3 is 6.18 Å². The van der Waals surface area contributed by atoms with Crippen LogP contribution < -0.4 is 19.7 Å². The van der Waals surface area contributed by atoms with E-state index in [1.165, 1.54) is 17.0 Å². The van der Waals surface area contributed by atoms with Crippen LogP contribution in [0.4, 0.5) is 24.5 Å². The Morgan fingerprint density at radius 2 is 1.83 bits per heavy atom. The zero-order valence-corrected chi connectivity index (χ0v) is 15.2. The van der Waals surface area contributed by atoms with Crippen LogP contribution >= 0.6 is 0 Å². The lowest BCUT2D eigenvalue weighted by Crippen LogP contribution is -2.28. The molecule has 2 amide bonds. The first kappa shape index (κ1) is 19.1. The molecule has 0 saturated carbocycles. The fourth-order valence-corrected chi connectivity index (χ4v) is 3.35. The van der Waals surface area contributed by atoms with Gasteiger partial charge in [0.15, 0.2) is 11.5 Å². The summed E-state index contributed by atoms with van der Waals surface area (Å²) in [6, 6.07) is 9.49. The van der Waals surface area contributed by atoms with Gasteiger partial charge < -0.3 is 19.7 Å².